The first kappa shape index (κ1) is 17.0. The molecule has 1 aromatic heterocycles. The molecular formula is C23H27N3. The Labute approximate surface area is 156 Å². The summed E-state index contributed by atoms with van der Waals surface area (Å²) in [5.74, 6) is 0. The lowest BCUT2D eigenvalue weighted by atomic mass is 10.00. The fourth-order valence-electron chi connectivity index (χ4n) is 3.85. The number of pyridine rings is 1. The van der Waals surface area contributed by atoms with E-state index in [9.17, 15) is 0 Å². The van der Waals surface area contributed by atoms with Crippen molar-refractivity contribution in [2.24, 2.45) is 0 Å². The van der Waals surface area contributed by atoms with Crippen LogP contribution in [0.3, 0.4) is 0 Å². The number of benzene rings is 2. The SMILES string of the molecule is Cc1cnc(CCc2cccc3ccccc23)cc1N1CCN(C)CC1. The third kappa shape index (κ3) is 3.58. The number of aryl methyl sites for hydroxylation is 3. The molecule has 1 saturated heterocycles. The molecule has 1 fully saturated rings. The van der Waals surface area contributed by atoms with E-state index in [-0.39, 0.29) is 0 Å². The van der Waals surface area contributed by atoms with Gasteiger partial charge in [-0.2, -0.15) is 0 Å². The largest absolute Gasteiger partial charge is 0.369 e. The number of anilines is 1. The summed E-state index contributed by atoms with van der Waals surface area (Å²) in [6, 6.07) is 17.6. The predicted octanol–water partition coefficient (Wildman–Crippen LogP) is 4.08. The lowest BCUT2D eigenvalue weighted by molar-refractivity contribution is 0.312. The second-order valence-corrected chi connectivity index (χ2v) is 7.39. The van der Waals surface area contributed by atoms with Gasteiger partial charge in [-0.3, -0.25) is 4.98 Å². The van der Waals surface area contributed by atoms with Crippen molar-refractivity contribution in [2.45, 2.75) is 19.8 Å². The second-order valence-electron chi connectivity index (χ2n) is 7.39. The molecular weight excluding hydrogens is 318 g/mol. The van der Waals surface area contributed by atoms with Crippen molar-refractivity contribution in [3.8, 4) is 0 Å². The molecule has 26 heavy (non-hydrogen) atoms. The molecule has 0 N–H and O–H groups in total. The van der Waals surface area contributed by atoms with Gasteiger partial charge in [-0.15, -0.1) is 0 Å². The molecule has 1 aliphatic rings. The highest BCUT2D eigenvalue weighted by atomic mass is 15.2. The van der Waals surface area contributed by atoms with Crippen LogP contribution in [0.2, 0.25) is 0 Å². The van der Waals surface area contributed by atoms with Gasteiger partial charge >= 0.3 is 0 Å². The van der Waals surface area contributed by atoms with E-state index in [1.807, 2.05) is 6.20 Å². The molecule has 0 saturated carbocycles. The third-order valence-electron chi connectivity index (χ3n) is 5.51. The van der Waals surface area contributed by atoms with Crippen LogP contribution in [0.1, 0.15) is 16.8 Å². The number of nitrogens with zero attached hydrogens (tertiary/aromatic N) is 3. The van der Waals surface area contributed by atoms with Crippen LogP contribution in [-0.2, 0) is 12.8 Å². The Morgan fingerprint density at radius 3 is 2.54 bits per heavy atom. The lowest BCUT2D eigenvalue weighted by Gasteiger charge is -2.35. The summed E-state index contributed by atoms with van der Waals surface area (Å²) in [5, 5.41) is 2.68. The zero-order valence-electron chi connectivity index (χ0n) is 15.8. The Balaban J connectivity index is 1.52. The van der Waals surface area contributed by atoms with Gasteiger partial charge in [-0.05, 0) is 54.8 Å². The highest BCUT2D eigenvalue weighted by molar-refractivity contribution is 5.85. The molecule has 134 valence electrons. The number of piperazine rings is 1. The van der Waals surface area contributed by atoms with Crippen molar-refractivity contribution < 1.29 is 0 Å². The van der Waals surface area contributed by atoms with Crippen LogP contribution in [0.25, 0.3) is 10.8 Å². The Morgan fingerprint density at radius 2 is 1.69 bits per heavy atom. The first-order chi connectivity index (χ1) is 12.7. The molecule has 0 bridgehead atoms. The standard InChI is InChI=1S/C23H27N3/c1-18-17-24-21(16-23(18)26-14-12-25(2)13-15-26)11-10-20-8-5-7-19-6-3-4-9-22(19)20/h3-9,16-17H,10-15H2,1-2H3. The fourth-order valence-corrected chi connectivity index (χ4v) is 3.85. The van der Waals surface area contributed by atoms with E-state index < -0.39 is 0 Å². The summed E-state index contributed by atoms with van der Waals surface area (Å²) in [5.41, 5.74) is 5.24. The number of rotatable bonds is 4. The molecule has 0 unspecified atom stereocenters. The minimum Gasteiger partial charge on any atom is -0.369 e. The smallest absolute Gasteiger partial charge is 0.0430 e. The summed E-state index contributed by atoms with van der Waals surface area (Å²) < 4.78 is 0. The summed E-state index contributed by atoms with van der Waals surface area (Å²) in [6.07, 6.45) is 4.06. The van der Waals surface area contributed by atoms with Gasteiger partial charge < -0.3 is 9.80 Å². The van der Waals surface area contributed by atoms with Gasteiger partial charge in [0.15, 0.2) is 0 Å². The van der Waals surface area contributed by atoms with Crippen molar-refractivity contribution in [1.82, 2.24) is 9.88 Å². The highest BCUT2D eigenvalue weighted by Gasteiger charge is 2.16. The average Bonchev–Trinajstić information content (AvgIpc) is 2.68. The first-order valence-corrected chi connectivity index (χ1v) is 9.56. The van der Waals surface area contributed by atoms with E-state index in [2.05, 4.69) is 72.3 Å². The molecule has 0 amide bonds. The van der Waals surface area contributed by atoms with Crippen LogP contribution in [-0.4, -0.2) is 43.1 Å². The number of fused-ring (bicyclic) bond motifs is 1. The minimum absolute atomic E-state index is 0.981. The molecule has 2 heterocycles. The highest BCUT2D eigenvalue weighted by Crippen LogP contribution is 2.24. The minimum atomic E-state index is 0.981. The van der Waals surface area contributed by atoms with Crippen molar-refractivity contribution in [2.75, 3.05) is 38.1 Å². The van der Waals surface area contributed by atoms with E-state index >= 15 is 0 Å². The van der Waals surface area contributed by atoms with Gasteiger partial charge in [0.2, 0.25) is 0 Å². The van der Waals surface area contributed by atoms with Crippen molar-refractivity contribution >= 4 is 16.5 Å². The zero-order valence-corrected chi connectivity index (χ0v) is 15.8. The van der Waals surface area contributed by atoms with Gasteiger partial charge in [0, 0.05) is 43.8 Å². The molecule has 0 atom stereocenters. The lowest BCUT2D eigenvalue weighted by Crippen LogP contribution is -2.44. The van der Waals surface area contributed by atoms with Crippen molar-refractivity contribution in [3.05, 3.63) is 71.5 Å². The maximum absolute atomic E-state index is 4.71. The quantitative estimate of drug-likeness (QED) is 0.710. The van der Waals surface area contributed by atoms with Gasteiger partial charge in [0.1, 0.15) is 0 Å². The third-order valence-corrected chi connectivity index (χ3v) is 5.51. The molecule has 3 aromatic rings. The van der Waals surface area contributed by atoms with Crippen LogP contribution in [0.4, 0.5) is 5.69 Å². The molecule has 1 aliphatic heterocycles. The Hall–Kier alpha value is -2.39. The maximum Gasteiger partial charge on any atom is 0.0430 e. The molecule has 0 radical (unpaired) electrons. The molecule has 3 heteroatoms. The van der Waals surface area contributed by atoms with Crippen LogP contribution in [0.15, 0.2) is 54.7 Å². The number of hydrogen-bond donors (Lipinski definition) is 0. The Kier molecular flexibility index (Phi) is 4.89. The predicted molar refractivity (Wildman–Crippen MR) is 110 cm³/mol. The summed E-state index contributed by atoms with van der Waals surface area (Å²) >= 11 is 0. The van der Waals surface area contributed by atoms with Crippen molar-refractivity contribution in [1.29, 1.82) is 0 Å². The second kappa shape index (κ2) is 7.46. The van der Waals surface area contributed by atoms with Crippen LogP contribution in [0.5, 0.6) is 0 Å². The number of hydrogen-bond acceptors (Lipinski definition) is 3. The summed E-state index contributed by atoms with van der Waals surface area (Å²) in [7, 11) is 2.20. The number of aromatic nitrogens is 1. The topological polar surface area (TPSA) is 19.4 Å². The Morgan fingerprint density at radius 1 is 0.923 bits per heavy atom. The van der Waals surface area contributed by atoms with E-state index in [1.165, 1.54) is 33.3 Å². The van der Waals surface area contributed by atoms with Crippen LogP contribution < -0.4 is 4.90 Å². The van der Waals surface area contributed by atoms with E-state index in [1.54, 1.807) is 0 Å². The van der Waals surface area contributed by atoms with Crippen LogP contribution >= 0.6 is 0 Å². The molecule has 0 spiro atoms. The van der Waals surface area contributed by atoms with Gasteiger partial charge in [-0.1, -0.05) is 42.5 Å². The monoisotopic (exact) mass is 345 g/mol. The normalized spacial score (nSPS) is 15.5. The molecule has 0 aliphatic carbocycles. The number of likely N-dealkylation sites (N-methyl/N-ethyl adjacent to an activating group) is 1. The van der Waals surface area contributed by atoms with Gasteiger partial charge in [0.25, 0.3) is 0 Å². The first-order valence-electron chi connectivity index (χ1n) is 9.56. The van der Waals surface area contributed by atoms with E-state index in [0.717, 1.165) is 39.0 Å². The molecule has 3 nitrogen and oxygen atoms in total. The Bertz CT molecular complexity index is 890. The van der Waals surface area contributed by atoms with Crippen molar-refractivity contribution in [3.63, 3.8) is 0 Å². The van der Waals surface area contributed by atoms with E-state index in [0.29, 0.717) is 0 Å². The summed E-state index contributed by atoms with van der Waals surface area (Å²) in [6.45, 7) is 6.64. The summed E-state index contributed by atoms with van der Waals surface area (Å²) in [4.78, 5) is 9.62. The molecule has 4 rings (SSSR count). The zero-order chi connectivity index (χ0) is 17.9. The van der Waals surface area contributed by atoms with Gasteiger partial charge in [-0.25, -0.2) is 0 Å². The maximum atomic E-state index is 4.71. The average molecular weight is 345 g/mol. The van der Waals surface area contributed by atoms with Crippen LogP contribution in [0, 0.1) is 6.92 Å². The fraction of sp³-hybridized carbons (Fsp3) is 0.348. The molecule has 2 aromatic carbocycles. The van der Waals surface area contributed by atoms with Gasteiger partial charge in [0.05, 0.1) is 0 Å². The van der Waals surface area contributed by atoms with E-state index in [4.69, 9.17) is 4.98 Å².